The maximum atomic E-state index is 11.4. The lowest BCUT2D eigenvalue weighted by Crippen LogP contribution is -2.09. The lowest BCUT2D eigenvalue weighted by molar-refractivity contribution is 0.0594. The number of methoxy groups -OCH3 is 1. The fraction of sp³-hybridized carbons (Fsp3) is 0.111. The summed E-state index contributed by atoms with van der Waals surface area (Å²) in [5.74, 6) is -0.409. The van der Waals surface area contributed by atoms with Gasteiger partial charge < -0.3 is 10.5 Å². The van der Waals surface area contributed by atoms with Crippen LogP contribution in [0, 0.1) is 0 Å². The first-order valence-electron chi connectivity index (χ1n) is 4.54. The summed E-state index contributed by atoms with van der Waals surface area (Å²) < 4.78 is 4.55. The second-order valence-corrected chi connectivity index (χ2v) is 3.45. The Bertz CT molecular complexity index is 555. The van der Waals surface area contributed by atoms with E-state index in [9.17, 15) is 4.79 Å². The fourth-order valence-electron chi connectivity index (χ4n) is 1.20. The number of anilines is 1. The van der Waals surface area contributed by atoms with Crippen molar-refractivity contribution in [3.8, 4) is 11.4 Å². The van der Waals surface area contributed by atoms with Gasteiger partial charge >= 0.3 is 5.97 Å². The highest BCUT2D eigenvalue weighted by atomic mass is 35.5. The Hall–Kier alpha value is -2.15. The molecule has 0 aliphatic carbocycles. The first-order chi connectivity index (χ1) is 8.13. The van der Waals surface area contributed by atoms with Gasteiger partial charge in [0, 0.05) is 6.20 Å². The molecule has 0 aromatic carbocycles. The van der Waals surface area contributed by atoms with Crippen molar-refractivity contribution in [2.75, 3.05) is 12.8 Å². The van der Waals surface area contributed by atoms with Crippen LogP contribution in [0.5, 0.6) is 0 Å². The first kappa shape index (κ1) is 11.3. The van der Waals surface area contributed by atoms with Crippen molar-refractivity contribution in [1.82, 2.24) is 20.2 Å². The topological polar surface area (TPSA) is 107 Å². The van der Waals surface area contributed by atoms with E-state index >= 15 is 0 Å². The van der Waals surface area contributed by atoms with Gasteiger partial charge in [-0.15, -0.1) is 0 Å². The number of ether oxygens (including phenoxy) is 1. The van der Waals surface area contributed by atoms with Crippen molar-refractivity contribution in [1.29, 1.82) is 0 Å². The van der Waals surface area contributed by atoms with Gasteiger partial charge in [0.05, 0.1) is 18.9 Å². The molecular formula is C9H8ClN5O2. The number of nitrogens with two attached hydrogens (primary N) is 1. The average molecular weight is 254 g/mol. The lowest BCUT2D eigenvalue weighted by atomic mass is 10.3. The number of rotatable bonds is 2. The Morgan fingerprint density at radius 3 is 2.88 bits per heavy atom. The SMILES string of the molecule is COC(=O)c1nc(-c2cn[nH]c2)nc(N)c1Cl. The number of halogens is 1. The Morgan fingerprint density at radius 2 is 2.29 bits per heavy atom. The van der Waals surface area contributed by atoms with Gasteiger partial charge in [-0.2, -0.15) is 5.10 Å². The second kappa shape index (κ2) is 4.38. The monoisotopic (exact) mass is 253 g/mol. The third kappa shape index (κ3) is 2.04. The Kier molecular flexibility index (Phi) is 2.92. The summed E-state index contributed by atoms with van der Waals surface area (Å²) in [4.78, 5) is 19.4. The predicted molar refractivity (Wildman–Crippen MR) is 60.4 cm³/mol. The summed E-state index contributed by atoms with van der Waals surface area (Å²) in [6, 6.07) is 0. The minimum absolute atomic E-state index is 0.0123. The molecular weight excluding hydrogens is 246 g/mol. The number of carbonyl (C=O) groups is 1. The van der Waals surface area contributed by atoms with Crippen molar-refractivity contribution < 1.29 is 9.53 Å². The van der Waals surface area contributed by atoms with E-state index in [1.54, 1.807) is 6.20 Å². The first-order valence-corrected chi connectivity index (χ1v) is 4.91. The Labute approximate surface area is 101 Å². The highest BCUT2D eigenvalue weighted by molar-refractivity contribution is 6.35. The number of nitrogens with zero attached hydrogens (tertiary/aromatic N) is 3. The molecule has 0 aliphatic rings. The summed E-state index contributed by atoms with van der Waals surface area (Å²) in [6.07, 6.45) is 3.08. The molecule has 8 heteroatoms. The van der Waals surface area contributed by atoms with Gasteiger partial charge in [-0.05, 0) is 0 Å². The molecule has 0 radical (unpaired) electrons. The van der Waals surface area contributed by atoms with Crippen LogP contribution in [0.3, 0.4) is 0 Å². The molecule has 0 atom stereocenters. The summed E-state index contributed by atoms with van der Waals surface area (Å²) in [5.41, 5.74) is 6.12. The number of nitrogen functional groups attached to an aromatic ring is 1. The van der Waals surface area contributed by atoms with E-state index in [-0.39, 0.29) is 22.4 Å². The molecule has 17 heavy (non-hydrogen) atoms. The summed E-state index contributed by atoms with van der Waals surface area (Å²) in [6.45, 7) is 0. The number of hydrogen-bond donors (Lipinski definition) is 2. The molecule has 0 saturated carbocycles. The van der Waals surface area contributed by atoms with Gasteiger partial charge in [-0.25, -0.2) is 14.8 Å². The smallest absolute Gasteiger partial charge is 0.358 e. The number of aromatic nitrogens is 4. The van der Waals surface area contributed by atoms with E-state index in [0.717, 1.165) is 0 Å². The summed E-state index contributed by atoms with van der Waals surface area (Å²) in [7, 11) is 1.23. The van der Waals surface area contributed by atoms with Crippen molar-refractivity contribution in [3.63, 3.8) is 0 Å². The number of esters is 1. The molecule has 0 fully saturated rings. The van der Waals surface area contributed by atoms with Crippen molar-refractivity contribution in [3.05, 3.63) is 23.1 Å². The molecule has 2 rings (SSSR count). The van der Waals surface area contributed by atoms with Crippen LogP contribution in [-0.4, -0.2) is 33.2 Å². The van der Waals surface area contributed by atoms with E-state index in [1.807, 2.05) is 0 Å². The molecule has 88 valence electrons. The number of aromatic amines is 1. The van der Waals surface area contributed by atoms with Crippen LogP contribution in [0.2, 0.25) is 5.02 Å². The van der Waals surface area contributed by atoms with E-state index < -0.39 is 5.97 Å². The highest BCUT2D eigenvalue weighted by Gasteiger charge is 2.18. The van der Waals surface area contributed by atoms with Crippen LogP contribution in [-0.2, 0) is 4.74 Å². The van der Waals surface area contributed by atoms with Crippen LogP contribution in [0.1, 0.15) is 10.5 Å². The third-order valence-electron chi connectivity index (χ3n) is 2.01. The van der Waals surface area contributed by atoms with Crippen molar-refractivity contribution in [2.45, 2.75) is 0 Å². The zero-order valence-corrected chi connectivity index (χ0v) is 9.52. The minimum Gasteiger partial charge on any atom is -0.464 e. The molecule has 0 aliphatic heterocycles. The molecule has 2 aromatic rings. The molecule has 3 N–H and O–H groups in total. The maximum absolute atomic E-state index is 11.4. The Balaban J connectivity index is 2.57. The Morgan fingerprint density at radius 1 is 1.53 bits per heavy atom. The van der Waals surface area contributed by atoms with Gasteiger partial charge in [0.15, 0.2) is 11.5 Å². The van der Waals surface area contributed by atoms with Crippen molar-refractivity contribution in [2.24, 2.45) is 0 Å². The summed E-state index contributed by atoms with van der Waals surface area (Å²) >= 11 is 5.83. The normalized spacial score (nSPS) is 10.2. The molecule has 0 bridgehead atoms. The van der Waals surface area contributed by atoms with E-state index in [0.29, 0.717) is 5.56 Å². The summed E-state index contributed by atoms with van der Waals surface area (Å²) in [5, 5.41) is 6.33. The predicted octanol–water partition coefficient (Wildman–Crippen LogP) is 0.889. The van der Waals surface area contributed by atoms with E-state index in [1.165, 1.54) is 13.3 Å². The molecule has 7 nitrogen and oxygen atoms in total. The van der Waals surface area contributed by atoms with Crippen LogP contribution >= 0.6 is 11.6 Å². The van der Waals surface area contributed by atoms with Crippen LogP contribution in [0.4, 0.5) is 5.82 Å². The second-order valence-electron chi connectivity index (χ2n) is 3.07. The van der Waals surface area contributed by atoms with Gasteiger partial charge in [0.2, 0.25) is 0 Å². The fourth-order valence-corrected chi connectivity index (χ4v) is 1.36. The minimum atomic E-state index is -0.672. The largest absolute Gasteiger partial charge is 0.464 e. The number of H-pyrrole nitrogens is 1. The molecule has 0 amide bonds. The molecule has 0 saturated heterocycles. The lowest BCUT2D eigenvalue weighted by Gasteiger charge is -2.05. The van der Waals surface area contributed by atoms with Crippen LogP contribution < -0.4 is 5.73 Å². The average Bonchev–Trinajstić information content (AvgIpc) is 2.85. The number of carbonyl (C=O) groups excluding carboxylic acids is 1. The standard InChI is InChI=1S/C9H8ClN5O2/c1-17-9(16)6-5(10)7(11)15-8(14-6)4-2-12-13-3-4/h2-3H,1H3,(H,12,13)(H2,11,14,15). The van der Waals surface area contributed by atoms with Gasteiger partial charge in [-0.3, -0.25) is 5.10 Å². The molecule has 0 spiro atoms. The van der Waals surface area contributed by atoms with Gasteiger partial charge in [-0.1, -0.05) is 11.6 Å². The van der Waals surface area contributed by atoms with Gasteiger partial charge in [0.1, 0.15) is 10.8 Å². The number of nitrogens with one attached hydrogen (secondary N) is 1. The van der Waals surface area contributed by atoms with E-state index in [2.05, 4.69) is 24.9 Å². The van der Waals surface area contributed by atoms with E-state index in [4.69, 9.17) is 17.3 Å². The van der Waals surface area contributed by atoms with Crippen LogP contribution in [0.15, 0.2) is 12.4 Å². The maximum Gasteiger partial charge on any atom is 0.358 e. The highest BCUT2D eigenvalue weighted by Crippen LogP contribution is 2.24. The van der Waals surface area contributed by atoms with Crippen LogP contribution in [0.25, 0.3) is 11.4 Å². The molecule has 0 unspecified atom stereocenters. The number of hydrogen-bond acceptors (Lipinski definition) is 6. The molecule has 2 aromatic heterocycles. The third-order valence-corrected chi connectivity index (χ3v) is 2.38. The van der Waals surface area contributed by atoms with Gasteiger partial charge in [0.25, 0.3) is 0 Å². The molecule has 2 heterocycles. The zero-order chi connectivity index (χ0) is 12.4. The zero-order valence-electron chi connectivity index (χ0n) is 8.77. The van der Waals surface area contributed by atoms with Crippen molar-refractivity contribution >= 4 is 23.4 Å². The quantitative estimate of drug-likeness (QED) is 0.770.